The van der Waals surface area contributed by atoms with Crippen LogP contribution in [0.3, 0.4) is 0 Å². The molecule has 0 heterocycles. The number of carbonyl (C=O) groups is 1. The highest BCUT2D eigenvalue weighted by Crippen LogP contribution is 2.13. The van der Waals surface area contributed by atoms with Crippen molar-refractivity contribution in [1.82, 2.24) is 0 Å². The Morgan fingerprint density at radius 2 is 1.14 bits per heavy atom. The van der Waals surface area contributed by atoms with Gasteiger partial charge in [-0.25, -0.2) is 0 Å². The summed E-state index contributed by atoms with van der Waals surface area (Å²) in [6, 6.07) is 0. The van der Waals surface area contributed by atoms with Crippen LogP contribution in [0, 0.1) is 0 Å². The van der Waals surface area contributed by atoms with Gasteiger partial charge in [-0.1, -0.05) is 90.6 Å². The molecule has 0 radical (unpaired) electrons. The van der Waals surface area contributed by atoms with Crippen LogP contribution in [0.5, 0.6) is 0 Å². The summed E-state index contributed by atoms with van der Waals surface area (Å²) in [5, 5.41) is 0. The molecule has 0 unspecified atom stereocenters. The lowest BCUT2D eigenvalue weighted by Gasteiger charge is -2.04. The maximum atomic E-state index is 11.3. The molecular weight excluding hydrogens is 260 g/mol. The number of rotatable bonds is 15. The van der Waals surface area contributed by atoms with Crippen molar-refractivity contribution in [3.63, 3.8) is 0 Å². The van der Waals surface area contributed by atoms with Gasteiger partial charge in [0.1, 0.15) is 0 Å². The third-order valence-corrected chi connectivity index (χ3v) is 3.77. The van der Waals surface area contributed by atoms with E-state index in [9.17, 15) is 4.79 Å². The molecule has 0 aliphatic rings. The molecule has 0 spiro atoms. The largest absolute Gasteiger partial charge is 0.432 e. The van der Waals surface area contributed by atoms with Crippen LogP contribution in [-0.2, 0) is 9.53 Å². The molecule has 2 nitrogen and oxygen atoms in total. The van der Waals surface area contributed by atoms with Crippen LogP contribution >= 0.6 is 0 Å². The number of esters is 1. The summed E-state index contributed by atoms with van der Waals surface area (Å²) in [6.07, 6.45) is 17.7. The summed E-state index contributed by atoms with van der Waals surface area (Å²) in [6.45, 7) is 7.54. The van der Waals surface area contributed by atoms with Crippen LogP contribution in [0.2, 0.25) is 0 Å². The Balaban J connectivity index is 3.09. The second-order valence-corrected chi connectivity index (χ2v) is 6.17. The minimum Gasteiger partial charge on any atom is -0.432 e. The second kappa shape index (κ2) is 15.6. The second-order valence-electron chi connectivity index (χ2n) is 6.17. The van der Waals surface area contributed by atoms with E-state index < -0.39 is 0 Å². The van der Waals surface area contributed by atoms with Crippen molar-refractivity contribution < 1.29 is 9.53 Å². The van der Waals surface area contributed by atoms with Crippen molar-refractivity contribution in [2.24, 2.45) is 0 Å². The first kappa shape index (κ1) is 20.2. The van der Waals surface area contributed by atoms with Crippen molar-refractivity contribution in [2.45, 2.75) is 104 Å². The maximum absolute atomic E-state index is 11.3. The SMILES string of the molecule is C=C(C)OC(=O)CCCCCCCCCCCCCCC. The molecular formula is C19H36O2. The van der Waals surface area contributed by atoms with E-state index in [1.807, 2.05) is 0 Å². The van der Waals surface area contributed by atoms with Gasteiger partial charge in [0.15, 0.2) is 0 Å². The van der Waals surface area contributed by atoms with Gasteiger partial charge in [0.2, 0.25) is 0 Å². The number of allylic oxidation sites excluding steroid dienone is 1. The van der Waals surface area contributed by atoms with Crippen LogP contribution in [0.1, 0.15) is 104 Å². The standard InChI is InChI=1S/C19H36O2/c1-4-5-6-7-8-9-10-11-12-13-14-15-16-17-19(20)21-18(2)3/h2,4-17H2,1,3H3. The van der Waals surface area contributed by atoms with Gasteiger partial charge in [-0.2, -0.15) is 0 Å². The van der Waals surface area contributed by atoms with E-state index >= 15 is 0 Å². The first-order chi connectivity index (χ1) is 10.2. The van der Waals surface area contributed by atoms with E-state index in [1.165, 1.54) is 70.6 Å². The van der Waals surface area contributed by atoms with Gasteiger partial charge < -0.3 is 4.74 Å². The van der Waals surface area contributed by atoms with Crippen LogP contribution < -0.4 is 0 Å². The van der Waals surface area contributed by atoms with Gasteiger partial charge >= 0.3 is 5.97 Å². The molecule has 0 aromatic heterocycles. The topological polar surface area (TPSA) is 26.3 Å². The maximum Gasteiger partial charge on any atom is 0.310 e. The van der Waals surface area contributed by atoms with E-state index in [1.54, 1.807) is 6.92 Å². The number of ether oxygens (including phenoxy) is 1. The lowest BCUT2D eigenvalue weighted by atomic mass is 10.0. The lowest BCUT2D eigenvalue weighted by Crippen LogP contribution is -2.01. The first-order valence-electron chi connectivity index (χ1n) is 9.03. The van der Waals surface area contributed by atoms with E-state index in [-0.39, 0.29) is 5.97 Å². The monoisotopic (exact) mass is 296 g/mol. The molecule has 0 saturated carbocycles. The molecule has 21 heavy (non-hydrogen) atoms. The van der Waals surface area contributed by atoms with Gasteiger partial charge in [-0.3, -0.25) is 4.79 Å². The summed E-state index contributed by atoms with van der Waals surface area (Å²) >= 11 is 0. The zero-order valence-corrected chi connectivity index (χ0v) is 14.4. The predicted octanol–water partition coefficient (Wildman–Crippen LogP) is 6.54. The average Bonchev–Trinajstić information content (AvgIpc) is 2.43. The number of hydrogen-bond donors (Lipinski definition) is 0. The number of unbranched alkanes of at least 4 members (excludes halogenated alkanes) is 12. The minimum atomic E-state index is -0.134. The smallest absolute Gasteiger partial charge is 0.310 e. The Morgan fingerprint density at radius 1 is 0.762 bits per heavy atom. The molecule has 0 amide bonds. The highest BCUT2D eigenvalue weighted by molar-refractivity contribution is 5.70. The Hall–Kier alpha value is -0.790. The van der Waals surface area contributed by atoms with E-state index in [0.29, 0.717) is 12.2 Å². The molecule has 0 aromatic rings. The fourth-order valence-corrected chi connectivity index (χ4v) is 2.53. The fraction of sp³-hybridized carbons (Fsp3) is 0.842. The predicted molar refractivity (Wildman–Crippen MR) is 91.2 cm³/mol. The van der Waals surface area contributed by atoms with Gasteiger partial charge in [0, 0.05) is 6.42 Å². The van der Waals surface area contributed by atoms with Crippen LogP contribution in [0.25, 0.3) is 0 Å². The molecule has 0 saturated heterocycles. The Bertz CT molecular complexity index is 258. The molecule has 0 rings (SSSR count). The molecule has 0 aromatic carbocycles. The fourth-order valence-electron chi connectivity index (χ4n) is 2.53. The highest BCUT2D eigenvalue weighted by Gasteiger charge is 2.02. The quantitative estimate of drug-likeness (QED) is 0.195. The van der Waals surface area contributed by atoms with Crippen LogP contribution in [0.15, 0.2) is 12.3 Å². The molecule has 0 bridgehead atoms. The Kier molecular flexibility index (Phi) is 15.0. The molecule has 0 aliphatic carbocycles. The van der Waals surface area contributed by atoms with Crippen molar-refractivity contribution in [2.75, 3.05) is 0 Å². The van der Waals surface area contributed by atoms with E-state index in [4.69, 9.17) is 4.74 Å². The molecule has 124 valence electrons. The van der Waals surface area contributed by atoms with Gasteiger partial charge in [-0.05, 0) is 13.3 Å². The van der Waals surface area contributed by atoms with E-state index in [0.717, 1.165) is 12.8 Å². The normalized spacial score (nSPS) is 10.6. The van der Waals surface area contributed by atoms with Crippen LogP contribution in [-0.4, -0.2) is 5.97 Å². The average molecular weight is 296 g/mol. The molecule has 0 N–H and O–H groups in total. The lowest BCUT2D eigenvalue weighted by molar-refractivity contribution is -0.139. The van der Waals surface area contributed by atoms with Gasteiger partial charge in [0.25, 0.3) is 0 Å². The Morgan fingerprint density at radius 3 is 1.52 bits per heavy atom. The van der Waals surface area contributed by atoms with E-state index in [2.05, 4.69) is 13.5 Å². The number of hydrogen-bond acceptors (Lipinski definition) is 2. The summed E-state index contributed by atoms with van der Waals surface area (Å²) in [5.74, 6) is 0.361. The summed E-state index contributed by atoms with van der Waals surface area (Å²) in [7, 11) is 0. The summed E-state index contributed by atoms with van der Waals surface area (Å²) in [5.41, 5.74) is 0. The van der Waals surface area contributed by atoms with Crippen molar-refractivity contribution in [1.29, 1.82) is 0 Å². The third kappa shape index (κ3) is 17.2. The van der Waals surface area contributed by atoms with Crippen molar-refractivity contribution >= 4 is 5.97 Å². The van der Waals surface area contributed by atoms with Gasteiger partial charge in [-0.15, -0.1) is 0 Å². The number of carbonyl (C=O) groups excluding carboxylic acids is 1. The highest BCUT2D eigenvalue weighted by atomic mass is 16.5. The summed E-state index contributed by atoms with van der Waals surface area (Å²) < 4.78 is 4.92. The van der Waals surface area contributed by atoms with Crippen molar-refractivity contribution in [3.8, 4) is 0 Å². The molecule has 0 fully saturated rings. The third-order valence-electron chi connectivity index (χ3n) is 3.77. The molecule has 0 atom stereocenters. The zero-order valence-electron chi connectivity index (χ0n) is 14.4. The Labute approximate surface area is 132 Å². The zero-order chi connectivity index (χ0) is 15.8. The molecule has 0 aliphatic heterocycles. The molecule has 2 heteroatoms. The first-order valence-corrected chi connectivity index (χ1v) is 9.03. The van der Waals surface area contributed by atoms with Crippen molar-refractivity contribution in [3.05, 3.63) is 12.3 Å². The van der Waals surface area contributed by atoms with Crippen LogP contribution in [0.4, 0.5) is 0 Å². The summed E-state index contributed by atoms with van der Waals surface area (Å²) in [4.78, 5) is 11.3. The minimum absolute atomic E-state index is 0.134. The van der Waals surface area contributed by atoms with Gasteiger partial charge in [0.05, 0.1) is 5.76 Å².